The summed E-state index contributed by atoms with van der Waals surface area (Å²) in [7, 11) is 1.86. The average molecular weight is 334 g/mol. The van der Waals surface area contributed by atoms with E-state index in [1.807, 2.05) is 18.0 Å². The van der Waals surface area contributed by atoms with Crippen molar-refractivity contribution in [3.63, 3.8) is 0 Å². The van der Waals surface area contributed by atoms with Crippen molar-refractivity contribution < 1.29 is 9.90 Å². The Morgan fingerprint density at radius 1 is 1.50 bits per heavy atom. The molecule has 2 N–H and O–H groups in total. The van der Waals surface area contributed by atoms with Crippen LogP contribution >= 0.6 is 0 Å². The summed E-state index contributed by atoms with van der Waals surface area (Å²) in [6.45, 7) is 9.14. The molecule has 24 heavy (non-hydrogen) atoms. The number of hydrogen-bond acceptors (Lipinski definition) is 5. The summed E-state index contributed by atoms with van der Waals surface area (Å²) in [5.41, 5.74) is 0.577. The number of pyridine rings is 1. The fourth-order valence-corrected chi connectivity index (χ4v) is 3.11. The third-order valence-electron chi connectivity index (χ3n) is 4.38. The number of hydrogen-bond donors (Lipinski definition) is 2. The van der Waals surface area contributed by atoms with Crippen LogP contribution in [0.25, 0.3) is 0 Å². The number of amides is 1. The first-order chi connectivity index (χ1) is 11.5. The lowest BCUT2D eigenvalue weighted by molar-refractivity contribution is 0.0947. The van der Waals surface area contributed by atoms with Crippen molar-refractivity contribution in [2.75, 3.05) is 51.3 Å². The zero-order valence-electron chi connectivity index (χ0n) is 15.0. The van der Waals surface area contributed by atoms with Gasteiger partial charge in [0.15, 0.2) is 0 Å². The topological polar surface area (TPSA) is 68.7 Å². The standard InChI is InChI=1S/C18H30N4O2/c1-14(2)12-22-7-6-15(13-22)10-20-18(24)16-4-5-17(19-11-16)21(3)8-9-23/h4-5,11,14-15,23H,6-10,12-13H2,1-3H3,(H,20,24)/t15-/m0/s1. The number of likely N-dealkylation sites (tertiary alicyclic amines) is 1. The van der Waals surface area contributed by atoms with Gasteiger partial charge in [-0.2, -0.15) is 0 Å². The number of nitrogens with zero attached hydrogens (tertiary/aromatic N) is 3. The van der Waals surface area contributed by atoms with Crippen LogP contribution in [0.15, 0.2) is 18.3 Å². The van der Waals surface area contributed by atoms with Crippen LogP contribution in [0.2, 0.25) is 0 Å². The Balaban J connectivity index is 1.78. The van der Waals surface area contributed by atoms with Gasteiger partial charge in [-0.05, 0) is 36.9 Å². The number of rotatable bonds is 8. The number of likely N-dealkylation sites (N-methyl/N-ethyl adjacent to an activating group) is 1. The number of nitrogens with one attached hydrogen (secondary N) is 1. The van der Waals surface area contributed by atoms with Crippen LogP contribution in [0, 0.1) is 11.8 Å². The number of aromatic nitrogens is 1. The highest BCUT2D eigenvalue weighted by molar-refractivity contribution is 5.94. The highest BCUT2D eigenvalue weighted by Gasteiger charge is 2.23. The first kappa shape index (κ1) is 18.7. The third kappa shape index (κ3) is 5.46. The first-order valence-corrected chi connectivity index (χ1v) is 8.78. The molecule has 0 unspecified atom stereocenters. The lowest BCUT2D eigenvalue weighted by Gasteiger charge is -2.18. The minimum atomic E-state index is -0.0684. The van der Waals surface area contributed by atoms with E-state index in [1.165, 1.54) is 0 Å². The molecule has 0 aromatic carbocycles. The Labute approximate surface area is 144 Å². The SMILES string of the molecule is CC(C)CN1CC[C@@H](CNC(=O)c2ccc(N(C)CCO)nc2)C1. The van der Waals surface area contributed by atoms with Gasteiger partial charge in [-0.25, -0.2) is 4.98 Å². The number of anilines is 1. The molecule has 6 nitrogen and oxygen atoms in total. The van der Waals surface area contributed by atoms with Crippen molar-refractivity contribution in [3.8, 4) is 0 Å². The second kappa shape index (κ2) is 8.99. The molecule has 134 valence electrons. The highest BCUT2D eigenvalue weighted by Crippen LogP contribution is 2.17. The van der Waals surface area contributed by atoms with Crippen LogP contribution in [-0.2, 0) is 0 Å². The predicted molar refractivity (Wildman–Crippen MR) is 96.3 cm³/mol. The van der Waals surface area contributed by atoms with Crippen molar-refractivity contribution in [2.24, 2.45) is 11.8 Å². The van der Waals surface area contributed by atoms with E-state index in [2.05, 4.69) is 29.0 Å². The molecule has 1 aliphatic rings. The van der Waals surface area contributed by atoms with Crippen molar-refractivity contribution in [2.45, 2.75) is 20.3 Å². The molecule has 1 atom stereocenters. The molecule has 1 aromatic heterocycles. The maximum absolute atomic E-state index is 12.2. The maximum Gasteiger partial charge on any atom is 0.252 e. The minimum absolute atomic E-state index is 0.0684. The van der Waals surface area contributed by atoms with Gasteiger partial charge < -0.3 is 20.2 Å². The predicted octanol–water partition coefficient (Wildman–Crippen LogP) is 1.22. The van der Waals surface area contributed by atoms with E-state index in [0.717, 1.165) is 38.4 Å². The largest absolute Gasteiger partial charge is 0.395 e. The van der Waals surface area contributed by atoms with Crippen LogP contribution in [0.3, 0.4) is 0 Å². The Morgan fingerprint density at radius 3 is 2.92 bits per heavy atom. The van der Waals surface area contributed by atoms with E-state index in [1.54, 1.807) is 12.3 Å². The van der Waals surface area contributed by atoms with Crippen molar-refractivity contribution >= 4 is 11.7 Å². The summed E-state index contributed by atoms with van der Waals surface area (Å²) < 4.78 is 0. The van der Waals surface area contributed by atoms with E-state index in [9.17, 15) is 4.79 Å². The zero-order chi connectivity index (χ0) is 17.5. The Morgan fingerprint density at radius 2 is 2.29 bits per heavy atom. The van der Waals surface area contributed by atoms with Gasteiger partial charge in [0.1, 0.15) is 5.82 Å². The normalized spacial score (nSPS) is 18.1. The van der Waals surface area contributed by atoms with Gasteiger partial charge in [0.25, 0.3) is 5.91 Å². The lowest BCUT2D eigenvalue weighted by atomic mass is 10.1. The molecule has 0 bridgehead atoms. The second-order valence-electron chi connectivity index (χ2n) is 7.07. The molecule has 1 saturated heterocycles. The molecular weight excluding hydrogens is 304 g/mol. The zero-order valence-corrected chi connectivity index (χ0v) is 15.0. The lowest BCUT2D eigenvalue weighted by Crippen LogP contribution is -2.32. The van der Waals surface area contributed by atoms with E-state index < -0.39 is 0 Å². The van der Waals surface area contributed by atoms with Crippen LogP contribution < -0.4 is 10.2 Å². The number of aliphatic hydroxyl groups excluding tert-OH is 1. The average Bonchev–Trinajstić information content (AvgIpc) is 2.99. The minimum Gasteiger partial charge on any atom is -0.395 e. The van der Waals surface area contributed by atoms with Crippen molar-refractivity contribution in [3.05, 3.63) is 23.9 Å². The molecule has 1 aliphatic heterocycles. The number of carbonyl (C=O) groups is 1. The van der Waals surface area contributed by atoms with Crippen LogP contribution in [0.5, 0.6) is 0 Å². The maximum atomic E-state index is 12.2. The number of aliphatic hydroxyl groups is 1. The monoisotopic (exact) mass is 334 g/mol. The molecule has 1 amide bonds. The van der Waals surface area contributed by atoms with Crippen molar-refractivity contribution in [1.29, 1.82) is 0 Å². The molecule has 0 spiro atoms. The van der Waals surface area contributed by atoms with Gasteiger partial charge in [0.2, 0.25) is 0 Å². The summed E-state index contributed by atoms with van der Waals surface area (Å²) in [4.78, 5) is 20.9. The van der Waals surface area contributed by atoms with E-state index in [0.29, 0.717) is 23.9 Å². The van der Waals surface area contributed by atoms with Gasteiger partial charge in [-0.3, -0.25) is 4.79 Å². The molecule has 0 aliphatic carbocycles. The van der Waals surface area contributed by atoms with Crippen LogP contribution in [-0.4, -0.2) is 67.3 Å². The van der Waals surface area contributed by atoms with E-state index in [4.69, 9.17) is 5.11 Å². The molecule has 2 rings (SSSR count). The summed E-state index contributed by atoms with van der Waals surface area (Å²) in [5, 5.41) is 12.0. The number of carbonyl (C=O) groups excluding carboxylic acids is 1. The Kier molecular flexibility index (Phi) is 6.99. The van der Waals surface area contributed by atoms with Gasteiger partial charge in [-0.15, -0.1) is 0 Å². The fourth-order valence-electron chi connectivity index (χ4n) is 3.11. The molecule has 2 heterocycles. The summed E-state index contributed by atoms with van der Waals surface area (Å²) >= 11 is 0. The highest BCUT2D eigenvalue weighted by atomic mass is 16.3. The van der Waals surface area contributed by atoms with Crippen LogP contribution in [0.4, 0.5) is 5.82 Å². The Bertz CT molecular complexity index is 518. The van der Waals surface area contributed by atoms with Gasteiger partial charge in [0, 0.05) is 39.4 Å². The quantitative estimate of drug-likeness (QED) is 0.748. The first-order valence-electron chi connectivity index (χ1n) is 8.78. The van der Waals surface area contributed by atoms with Gasteiger partial charge in [0.05, 0.1) is 12.2 Å². The third-order valence-corrected chi connectivity index (χ3v) is 4.38. The Hall–Kier alpha value is -1.66. The molecular formula is C18H30N4O2. The molecule has 1 aromatic rings. The van der Waals surface area contributed by atoms with E-state index in [-0.39, 0.29) is 12.5 Å². The summed E-state index contributed by atoms with van der Waals surface area (Å²) in [6, 6.07) is 3.59. The van der Waals surface area contributed by atoms with E-state index >= 15 is 0 Å². The van der Waals surface area contributed by atoms with Crippen molar-refractivity contribution in [1.82, 2.24) is 15.2 Å². The summed E-state index contributed by atoms with van der Waals surface area (Å²) in [6.07, 6.45) is 2.74. The molecule has 0 saturated carbocycles. The van der Waals surface area contributed by atoms with Gasteiger partial charge in [-0.1, -0.05) is 13.8 Å². The fraction of sp³-hybridized carbons (Fsp3) is 0.667. The van der Waals surface area contributed by atoms with Gasteiger partial charge >= 0.3 is 0 Å². The summed E-state index contributed by atoms with van der Waals surface area (Å²) in [5.74, 6) is 1.91. The van der Waals surface area contributed by atoms with Crippen LogP contribution in [0.1, 0.15) is 30.6 Å². The molecule has 0 radical (unpaired) electrons. The second-order valence-corrected chi connectivity index (χ2v) is 7.07. The molecule has 6 heteroatoms. The molecule has 1 fully saturated rings. The smallest absolute Gasteiger partial charge is 0.252 e.